The molecule has 1 aliphatic heterocycles. The summed E-state index contributed by atoms with van der Waals surface area (Å²) in [5.41, 5.74) is 8.86. The predicted molar refractivity (Wildman–Crippen MR) is 69.7 cm³/mol. The molecule has 2 aromatic rings. The summed E-state index contributed by atoms with van der Waals surface area (Å²) in [5.74, 6) is 0.0157. The summed E-state index contributed by atoms with van der Waals surface area (Å²) in [4.78, 5) is 14.0. The number of fused-ring (bicyclic) bond motifs is 1. The Morgan fingerprint density at radius 3 is 2.39 bits per heavy atom. The highest BCUT2D eigenvalue weighted by molar-refractivity contribution is 5.99. The molecule has 0 radical (unpaired) electrons. The van der Waals surface area contributed by atoms with E-state index in [4.69, 9.17) is 5.73 Å². The zero-order valence-electron chi connectivity index (χ0n) is 9.91. The standard InChI is InChI=1S/C15H14N2O/c16-14-12-8-4-5-9-13(12)15(18)17(14)10-11-6-2-1-3-7-11/h1-9,14H,10,16H2. The van der Waals surface area contributed by atoms with Crippen molar-refractivity contribution in [2.45, 2.75) is 12.7 Å². The molecule has 0 saturated heterocycles. The second kappa shape index (κ2) is 4.27. The molecule has 3 heteroatoms. The van der Waals surface area contributed by atoms with Gasteiger partial charge in [-0.3, -0.25) is 4.79 Å². The molecule has 0 aliphatic carbocycles. The molecule has 0 saturated carbocycles. The highest BCUT2D eigenvalue weighted by Gasteiger charge is 2.33. The van der Waals surface area contributed by atoms with Crippen LogP contribution in [0.1, 0.15) is 27.7 Å². The van der Waals surface area contributed by atoms with E-state index in [1.165, 1.54) is 0 Å². The number of nitrogens with zero attached hydrogens (tertiary/aromatic N) is 1. The molecule has 3 rings (SSSR count). The monoisotopic (exact) mass is 238 g/mol. The van der Waals surface area contributed by atoms with Crippen molar-refractivity contribution in [2.24, 2.45) is 5.73 Å². The van der Waals surface area contributed by atoms with Gasteiger partial charge in [-0.15, -0.1) is 0 Å². The first kappa shape index (κ1) is 11.0. The molecule has 0 spiro atoms. The second-order valence-corrected chi connectivity index (χ2v) is 4.45. The Morgan fingerprint density at radius 2 is 1.67 bits per heavy atom. The Kier molecular flexibility index (Phi) is 2.61. The molecule has 1 heterocycles. The molecule has 2 N–H and O–H groups in total. The van der Waals surface area contributed by atoms with Gasteiger partial charge >= 0.3 is 0 Å². The number of carbonyl (C=O) groups is 1. The molecule has 1 unspecified atom stereocenters. The molecule has 0 bridgehead atoms. The van der Waals surface area contributed by atoms with Gasteiger partial charge in [0.15, 0.2) is 0 Å². The van der Waals surface area contributed by atoms with Crippen LogP contribution in [0.25, 0.3) is 0 Å². The zero-order chi connectivity index (χ0) is 12.5. The van der Waals surface area contributed by atoms with Crippen LogP contribution in [0.5, 0.6) is 0 Å². The average Bonchev–Trinajstić information content (AvgIpc) is 2.66. The number of hydrogen-bond donors (Lipinski definition) is 1. The van der Waals surface area contributed by atoms with Gasteiger partial charge in [-0.25, -0.2) is 0 Å². The zero-order valence-corrected chi connectivity index (χ0v) is 9.91. The second-order valence-electron chi connectivity index (χ2n) is 4.45. The van der Waals surface area contributed by atoms with E-state index in [9.17, 15) is 4.79 Å². The number of amides is 1. The Bertz CT molecular complexity index is 580. The van der Waals surface area contributed by atoms with Crippen LogP contribution in [0, 0.1) is 0 Å². The maximum atomic E-state index is 12.3. The highest BCUT2D eigenvalue weighted by Crippen LogP contribution is 2.30. The summed E-state index contributed by atoms with van der Waals surface area (Å²) in [6.07, 6.45) is -0.339. The fraction of sp³-hybridized carbons (Fsp3) is 0.133. The van der Waals surface area contributed by atoms with Gasteiger partial charge in [-0.1, -0.05) is 48.5 Å². The number of hydrogen-bond acceptors (Lipinski definition) is 2. The van der Waals surface area contributed by atoms with E-state index in [0.29, 0.717) is 6.54 Å². The molecule has 3 nitrogen and oxygen atoms in total. The van der Waals surface area contributed by atoms with Crippen LogP contribution in [0.3, 0.4) is 0 Å². The van der Waals surface area contributed by atoms with E-state index in [1.807, 2.05) is 54.6 Å². The van der Waals surface area contributed by atoms with Crippen LogP contribution in [0.2, 0.25) is 0 Å². The van der Waals surface area contributed by atoms with Crippen LogP contribution in [0.4, 0.5) is 0 Å². The minimum atomic E-state index is -0.339. The van der Waals surface area contributed by atoms with Gasteiger partial charge in [0.2, 0.25) is 0 Å². The Labute approximate surface area is 106 Å². The summed E-state index contributed by atoms with van der Waals surface area (Å²) in [7, 11) is 0. The van der Waals surface area contributed by atoms with Crippen molar-refractivity contribution >= 4 is 5.91 Å². The van der Waals surface area contributed by atoms with E-state index in [1.54, 1.807) is 4.90 Å². The quantitative estimate of drug-likeness (QED) is 0.872. The van der Waals surface area contributed by atoms with Crippen molar-refractivity contribution in [3.8, 4) is 0 Å². The lowest BCUT2D eigenvalue weighted by atomic mass is 10.1. The number of benzene rings is 2. The summed E-state index contributed by atoms with van der Waals surface area (Å²) in [6, 6.07) is 17.4. The largest absolute Gasteiger partial charge is 0.315 e. The molecular weight excluding hydrogens is 224 g/mol. The summed E-state index contributed by atoms with van der Waals surface area (Å²) in [6.45, 7) is 0.551. The van der Waals surface area contributed by atoms with Crippen molar-refractivity contribution in [1.29, 1.82) is 0 Å². The van der Waals surface area contributed by atoms with Crippen LogP contribution < -0.4 is 5.73 Å². The van der Waals surface area contributed by atoms with Gasteiger partial charge in [0, 0.05) is 17.7 Å². The Morgan fingerprint density at radius 1 is 1.00 bits per heavy atom. The van der Waals surface area contributed by atoms with Crippen molar-refractivity contribution in [1.82, 2.24) is 4.90 Å². The topological polar surface area (TPSA) is 46.3 Å². The van der Waals surface area contributed by atoms with Crippen LogP contribution in [0.15, 0.2) is 54.6 Å². The fourth-order valence-electron chi connectivity index (χ4n) is 2.35. The van der Waals surface area contributed by atoms with Crippen LogP contribution in [-0.4, -0.2) is 10.8 Å². The Hall–Kier alpha value is -2.13. The summed E-state index contributed by atoms with van der Waals surface area (Å²) >= 11 is 0. The normalized spacial score (nSPS) is 17.9. The van der Waals surface area contributed by atoms with Gasteiger partial charge in [0.05, 0.1) is 0 Å². The van der Waals surface area contributed by atoms with Crippen LogP contribution in [-0.2, 0) is 6.54 Å². The predicted octanol–water partition coefficient (Wildman–Crippen LogP) is 2.30. The molecular formula is C15H14N2O. The molecule has 0 fully saturated rings. The number of rotatable bonds is 2. The van der Waals surface area contributed by atoms with Gasteiger partial charge in [0.25, 0.3) is 5.91 Å². The van der Waals surface area contributed by atoms with Gasteiger partial charge in [0.1, 0.15) is 6.17 Å². The van der Waals surface area contributed by atoms with Gasteiger partial charge < -0.3 is 10.6 Å². The summed E-state index contributed by atoms with van der Waals surface area (Å²) < 4.78 is 0. The lowest BCUT2D eigenvalue weighted by molar-refractivity contribution is 0.0714. The van der Waals surface area contributed by atoms with Crippen LogP contribution >= 0.6 is 0 Å². The minimum Gasteiger partial charge on any atom is -0.315 e. The third-order valence-corrected chi connectivity index (χ3v) is 3.30. The first-order valence-electron chi connectivity index (χ1n) is 5.97. The maximum absolute atomic E-state index is 12.3. The third-order valence-electron chi connectivity index (χ3n) is 3.30. The van der Waals surface area contributed by atoms with Gasteiger partial charge in [-0.05, 0) is 11.6 Å². The van der Waals surface area contributed by atoms with Crippen molar-refractivity contribution < 1.29 is 4.79 Å². The highest BCUT2D eigenvalue weighted by atomic mass is 16.2. The molecule has 1 atom stereocenters. The summed E-state index contributed by atoms with van der Waals surface area (Å²) in [5, 5.41) is 0. The van der Waals surface area contributed by atoms with Crippen molar-refractivity contribution in [3.63, 3.8) is 0 Å². The van der Waals surface area contributed by atoms with E-state index < -0.39 is 0 Å². The lowest BCUT2D eigenvalue weighted by Crippen LogP contribution is -2.32. The van der Waals surface area contributed by atoms with E-state index in [0.717, 1.165) is 16.7 Å². The molecule has 0 aromatic heterocycles. The lowest BCUT2D eigenvalue weighted by Gasteiger charge is -2.21. The molecule has 1 aliphatic rings. The first-order chi connectivity index (χ1) is 8.77. The molecule has 1 amide bonds. The van der Waals surface area contributed by atoms with E-state index >= 15 is 0 Å². The fourth-order valence-corrected chi connectivity index (χ4v) is 2.35. The molecule has 18 heavy (non-hydrogen) atoms. The van der Waals surface area contributed by atoms with E-state index in [-0.39, 0.29) is 12.1 Å². The maximum Gasteiger partial charge on any atom is 0.256 e. The first-order valence-corrected chi connectivity index (χ1v) is 5.97. The number of carbonyl (C=O) groups excluding carboxylic acids is 1. The minimum absolute atomic E-state index is 0.0157. The molecule has 90 valence electrons. The van der Waals surface area contributed by atoms with Crippen molar-refractivity contribution in [2.75, 3.05) is 0 Å². The SMILES string of the molecule is NC1c2ccccc2C(=O)N1Cc1ccccc1. The van der Waals surface area contributed by atoms with Gasteiger partial charge in [-0.2, -0.15) is 0 Å². The van der Waals surface area contributed by atoms with Crippen molar-refractivity contribution in [3.05, 3.63) is 71.3 Å². The smallest absolute Gasteiger partial charge is 0.256 e. The Balaban J connectivity index is 1.91. The van der Waals surface area contributed by atoms with E-state index in [2.05, 4.69) is 0 Å². The number of nitrogens with two attached hydrogens (primary N) is 1. The average molecular weight is 238 g/mol. The molecule has 2 aromatic carbocycles. The third kappa shape index (κ3) is 1.69.